The van der Waals surface area contributed by atoms with Crippen LogP contribution in [-0.2, 0) is 4.79 Å². The molecule has 98 valence electrons. The van der Waals surface area contributed by atoms with Crippen molar-refractivity contribution in [2.75, 3.05) is 13.7 Å². The first-order chi connectivity index (χ1) is 8.58. The molecule has 0 atom stereocenters. The van der Waals surface area contributed by atoms with Crippen molar-refractivity contribution >= 4 is 11.5 Å². The number of aliphatic carboxylic acids is 1. The second-order valence-electron chi connectivity index (χ2n) is 3.88. The fraction of sp³-hybridized carbons (Fsp3) is 0.357. The third-order valence-electron chi connectivity index (χ3n) is 2.42. The van der Waals surface area contributed by atoms with Gasteiger partial charge >= 0.3 is 5.97 Å². The molecule has 0 saturated carbocycles. The number of ether oxygens (including phenoxy) is 2. The Balaban J connectivity index is 3.01. The molecule has 0 amide bonds. The van der Waals surface area contributed by atoms with Gasteiger partial charge in [-0.05, 0) is 36.6 Å². The summed E-state index contributed by atoms with van der Waals surface area (Å²) < 4.78 is 10.8. The Morgan fingerprint density at radius 3 is 2.67 bits per heavy atom. The van der Waals surface area contributed by atoms with E-state index in [1.807, 2.05) is 13.0 Å². The van der Waals surface area contributed by atoms with Crippen LogP contribution in [-0.4, -0.2) is 24.8 Å². The van der Waals surface area contributed by atoms with Crippen molar-refractivity contribution < 1.29 is 19.4 Å². The smallest absolute Gasteiger partial charge is 0.328 e. The third-order valence-corrected chi connectivity index (χ3v) is 2.42. The lowest BCUT2D eigenvalue weighted by molar-refractivity contribution is -0.131. The maximum Gasteiger partial charge on any atom is 0.328 e. The molecule has 18 heavy (non-hydrogen) atoms. The zero-order valence-electron chi connectivity index (χ0n) is 10.9. The van der Waals surface area contributed by atoms with Gasteiger partial charge < -0.3 is 14.6 Å². The van der Waals surface area contributed by atoms with Crippen molar-refractivity contribution in [1.29, 1.82) is 0 Å². The van der Waals surface area contributed by atoms with E-state index in [-0.39, 0.29) is 0 Å². The van der Waals surface area contributed by atoms with E-state index >= 15 is 0 Å². The Labute approximate surface area is 107 Å². The van der Waals surface area contributed by atoms with Crippen LogP contribution < -0.4 is 9.47 Å². The summed E-state index contributed by atoms with van der Waals surface area (Å²) in [5, 5.41) is 8.71. The van der Waals surface area contributed by atoms with E-state index in [4.69, 9.17) is 14.6 Å². The van der Waals surface area contributed by atoms with E-state index in [2.05, 4.69) is 0 Å². The Kier molecular flexibility index (Phi) is 5.24. The van der Waals surface area contributed by atoms with E-state index in [1.54, 1.807) is 26.2 Å². The molecule has 4 nitrogen and oxygen atoms in total. The van der Waals surface area contributed by atoms with Crippen LogP contribution in [0.4, 0.5) is 0 Å². The Morgan fingerprint density at radius 1 is 1.39 bits per heavy atom. The molecule has 0 aromatic heterocycles. The highest BCUT2D eigenvalue weighted by Gasteiger charge is 2.07. The normalized spacial score (nSPS) is 11.2. The molecule has 0 saturated heterocycles. The maximum absolute atomic E-state index is 10.6. The Bertz CT molecular complexity index is 449. The molecule has 0 aliphatic carbocycles. The molecule has 1 N–H and O–H groups in total. The van der Waals surface area contributed by atoms with Gasteiger partial charge in [-0.1, -0.05) is 13.0 Å². The number of benzene rings is 1. The van der Waals surface area contributed by atoms with E-state index < -0.39 is 5.97 Å². The first-order valence-electron chi connectivity index (χ1n) is 5.81. The summed E-state index contributed by atoms with van der Waals surface area (Å²) in [6.45, 7) is 4.40. The number of carboxylic acids is 1. The number of carbonyl (C=O) groups is 1. The van der Waals surface area contributed by atoms with E-state index in [0.717, 1.165) is 12.0 Å². The third kappa shape index (κ3) is 3.80. The fourth-order valence-corrected chi connectivity index (χ4v) is 1.51. The molecule has 0 unspecified atom stereocenters. The van der Waals surface area contributed by atoms with Crippen LogP contribution in [0.2, 0.25) is 0 Å². The predicted octanol–water partition coefficient (Wildman–Crippen LogP) is 2.97. The molecule has 1 aromatic rings. The van der Waals surface area contributed by atoms with E-state index in [1.165, 1.54) is 6.08 Å². The summed E-state index contributed by atoms with van der Waals surface area (Å²) in [5.41, 5.74) is 1.47. The summed E-state index contributed by atoms with van der Waals surface area (Å²) >= 11 is 0. The van der Waals surface area contributed by atoms with Crippen LogP contribution in [0.15, 0.2) is 24.3 Å². The second-order valence-corrected chi connectivity index (χ2v) is 3.88. The highest BCUT2D eigenvalue weighted by atomic mass is 16.5. The average molecular weight is 250 g/mol. The zero-order valence-corrected chi connectivity index (χ0v) is 10.9. The van der Waals surface area contributed by atoms with Gasteiger partial charge in [0.05, 0.1) is 13.7 Å². The molecule has 0 spiro atoms. The summed E-state index contributed by atoms with van der Waals surface area (Å²) in [6.07, 6.45) is 2.09. The van der Waals surface area contributed by atoms with Gasteiger partial charge in [-0.15, -0.1) is 0 Å². The van der Waals surface area contributed by atoms with Gasteiger partial charge in [0.1, 0.15) is 0 Å². The number of rotatable bonds is 6. The SMILES string of the molecule is CCCOc1ccc(/C(C)=C/C(=O)O)cc1OC. The molecule has 4 heteroatoms. The van der Waals surface area contributed by atoms with Crippen LogP contribution in [0.1, 0.15) is 25.8 Å². The van der Waals surface area contributed by atoms with Crippen molar-refractivity contribution in [2.24, 2.45) is 0 Å². The molecule has 1 rings (SSSR count). The monoisotopic (exact) mass is 250 g/mol. The molecule has 0 bridgehead atoms. The minimum Gasteiger partial charge on any atom is -0.493 e. The standard InChI is InChI=1S/C14H18O4/c1-4-7-18-12-6-5-11(9-13(12)17-3)10(2)8-14(15)16/h5-6,8-9H,4,7H2,1-3H3,(H,15,16)/b10-8+. The molecular formula is C14H18O4. The minimum atomic E-state index is -0.960. The van der Waals surface area contributed by atoms with Gasteiger partial charge in [0.2, 0.25) is 0 Å². The summed E-state index contributed by atoms with van der Waals surface area (Å²) in [6, 6.07) is 5.39. The van der Waals surface area contributed by atoms with E-state index in [0.29, 0.717) is 23.7 Å². The van der Waals surface area contributed by atoms with Crippen LogP contribution in [0.5, 0.6) is 11.5 Å². The van der Waals surface area contributed by atoms with Crippen LogP contribution in [0, 0.1) is 0 Å². The van der Waals surface area contributed by atoms with Crippen molar-refractivity contribution in [3.8, 4) is 11.5 Å². The summed E-state index contributed by atoms with van der Waals surface area (Å²) in [7, 11) is 1.56. The van der Waals surface area contributed by atoms with Crippen LogP contribution in [0.3, 0.4) is 0 Å². The Hall–Kier alpha value is -1.97. The van der Waals surface area contributed by atoms with Crippen molar-refractivity contribution in [3.63, 3.8) is 0 Å². The van der Waals surface area contributed by atoms with E-state index in [9.17, 15) is 4.79 Å². The molecule has 0 heterocycles. The lowest BCUT2D eigenvalue weighted by atomic mass is 10.1. The molecule has 0 fully saturated rings. The zero-order chi connectivity index (χ0) is 13.5. The second kappa shape index (κ2) is 6.69. The van der Waals surface area contributed by atoms with Crippen LogP contribution >= 0.6 is 0 Å². The Morgan fingerprint density at radius 2 is 2.11 bits per heavy atom. The summed E-state index contributed by atoms with van der Waals surface area (Å²) in [5.74, 6) is 0.322. The molecule has 0 aliphatic rings. The first-order valence-corrected chi connectivity index (χ1v) is 5.81. The van der Waals surface area contributed by atoms with Gasteiger partial charge in [0, 0.05) is 6.08 Å². The number of allylic oxidation sites excluding steroid dienone is 1. The minimum absolute atomic E-state index is 0.610. The highest BCUT2D eigenvalue weighted by molar-refractivity contribution is 5.89. The molecule has 0 aliphatic heterocycles. The topological polar surface area (TPSA) is 55.8 Å². The molecule has 1 aromatic carbocycles. The lowest BCUT2D eigenvalue weighted by Crippen LogP contribution is -1.98. The van der Waals surface area contributed by atoms with Gasteiger partial charge in [0.15, 0.2) is 11.5 Å². The van der Waals surface area contributed by atoms with Crippen molar-refractivity contribution in [3.05, 3.63) is 29.8 Å². The van der Waals surface area contributed by atoms with Crippen molar-refractivity contribution in [1.82, 2.24) is 0 Å². The summed E-state index contributed by atoms with van der Waals surface area (Å²) in [4.78, 5) is 10.6. The van der Waals surface area contributed by atoms with Gasteiger partial charge in [-0.2, -0.15) is 0 Å². The largest absolute Gasteiger partial charge is 0.493 e. The predicted molar refractivity (Wildman–Crippen MR) is 70.1 cm³/mol. The maximum atomic E-state index is 10.6. The molecular weight excluding hydrogens is 232 g/mol. The average Bonchev–Trinajstić information content (AvgIpc) is 2.35. The molecule has 0 radical (unpaired) electrons. The lowest BCUT2D eigenvalue weighted by Gasteiger charge is -2.11. The van der Waals surface area contributed by atoms with Gasteiger partial charge in [0.25, 0.3) is 0 Å². The number of methoxy groups -OCH3 is 1. The van der Waals surface area contributed by atoms with Gasteiger partial charge in [-0.25, -0.2) is 4.79 Å². The quantitative estimate of drug-likeness (QED) is 0.788. The van der Waals surface area contributed by atoms with Gasteiger partial charge in [-0.3, -0.25) is 0 Å². The number of hydrogen-bond acceptors (Lipinski definition) is 3. The van der Waals surface area contributed by atoms with Crippen molar-refractivity contribution in [2.45, 2.75) is 20.3 Å². The van der Waals surface area contributed by atoms with Crippen LogP contribution in [0.25, 0.3) is 5.57 Å². The first kappa shape index (κ1) is 14.1. The number of carboxylic acid groups (broad SMARTS) is 1. The fourth-order valence-electron chi connectivity index (χ4n) is 1.51. The number of hydrogen-bond donors (Lipinski definition) is 1. The highest BCUT2D eigenvalue weighted by Crippen LogP contribution is 2.30.